The number of amides is 2. The summed E-state index contributed by atoms with van der Waals surface area (Å²) in [5, 5.41) is 2.78. The summed E-state index contributed by atoms with van der Waals surface area (Å²) in [7, 11) is 1.66. The predicted octanol–water partition coefficient (Wildman–Crippen LogP) is 3.04. The molecule has 7 heteroatoms. The molecule has 1 saturated heterocycles. The first-order chi connectivity index (χ1) is 11.5. The summed E-state index contributed by atoms with van der Waals surface area (Å²) < 4.78 is 5.71. The first kappa shape index (κ1) is 16.5. The smallest absolute Gasteiger partial charge is 0.265 e. The van der Waals surface area contributed by atoms with Crippen molar-refractivity contribution in [3.63, 3.8) is 0 Å². The fraction of sp³-hybridized carbons (Fsp3) is 0.118. The summed E-state index contributed by atoms with van der Waals surface area (Å²) in [5.41, 5.74) is 1.38. The van der Waals surface area contributed by atoms with Crippen molar-refractivity contribution in [3.05, 3.63) is 64.5 Å². The monoisotopic (exact) mass is 358 g/mol. The van der Waals surface area contributed by atoms with Gasteiger partial charge in [-0.25, -0.2) is 0 Å². The van der Waals surface area contributed by atoms with E-state index in [0.29, 0.717) is 27.1 Å². The topological polar surface area (TPSA) is 62.6 Å². The van der Waals surface area contributed by atoms with Gasteiger partial charge in [-0.15, -0.1) is 0 Å². The minimum Gasteiger partial charge on any atom is -0.467 e. The molecule has 0 radical (unpaired) electrons. The maximum atomic E-state index is 12.1. The van der Waals surface area contributed by atoms with Crippen LogP contribution in [-0.2, 0) is 11.3 Å². The molecule has 122 valence electrons. The lowest BCUT2D eigenvalue weighted by Gasteiger charge is -2.04. The molecule has 5 nitrogen and oxygen atoms in total. The van der Waals surface area contributed by atoms with Crippen LogP contribution in [0.4, 0.5) is 0 Å². The number of rotatable bonds is 4. The lowest BCUT2D eigenvalue weighted by molar-refractivity contribution is -0.121. The number of hydrogen-bond donors (Lipinski definition) is 1. The molecule has 2 aromatic rings. The van der Waals surface area contributed by atoms with Gasteiger partial charge in [0.25, 0.3) is 11.8 Å². The zero-order valence-corrected chi connectivity index (χ0v) is 14.4. The number of thiocarbonyl (C=S) groups is 1. The van der Waals surface area contributed by atoms with Crippen molar-refractivity contribution < 1.29 is 14.0 Å². The van der Waals surface area contributed by atoms with Crippen molar-refractivity contribution in [2.75, 3.05) is 7.05 Å². The number of furan rings is 1. The average Bonchev–Trinajstić information content (AvgIpc) is 3.19. The first-order valence-electron chi connectivity index (χ1n) is 7.17. The van der Waals surface area contributed by atoms with Crippen LogP contribution in [0.15, 0.2) is 52.0 Å². The average molecular weight is 358 g/mol. The summed E-state index contributed by atoms with van der Waals surface area (Å²) in [6, 6.07) is 10.6. The number of carbonyl (C=O) groups excluding carboxylic acids is 2. The normalized spacial score (nSPS) is 16.0. The Morgan fingerprint density at radius 1 is 1.33 bits per heavy atom. The Morgan fingerprint density at radius 2 is 2.08 bits per heavy atom. The van der Waals surface area contributed by atoms with Crippen LogP contribution >= 0.6 is 24.0 Å². The van der Waals surface area contributed by atoms with E-state index in [4.69, 9.17) is 16.6 Å². The van der Waals surface area contributed by atoms with E-state index < -0.39 is 0 Å². The van der Waals surface area contributed by atoms with Crippen LogP contribution in [-0.4, -0.2) is 28.1 Å². The van der Waals surface area contributed by atoms with E-state index in [1.807, 2.05) is 0 Å². The van der Waals surface area contributed by atoms with Crippen molar-refractivity contribution in [1.82, 2.24) is 10.2 Å². The molecular formula is C17H14N2O3S2. The van der Waals surface area contributed by atoms with Crippen molar-refractivity contribution in [3.8, 4) is 0 Å². The first-order valence-corrected chi connectivity index (χ1v) is 8.39. The molecule has 2 heterocycles. The Hall–Kier alpha value is -2.38. The Bertz CT molecular complexity index is 811. The summed E-state index contributed by atoms with van der Waals surface area (Å²) in [6.07, 6.45) is 3.34. The van der Waals surface area contributed by atoms with Gasteiger partial charge in [0.2, 0.25) is 0 Å². The molecule has 0 atom stereocenters. The molecular weight excluding hydrogens is 344 g/mol. The Kier molecular flexibility index (Phi) is 4.82. The summed E-state index contributed by atoms with van der Waals surface area (Å²) in [4.78, 5) is 26.1. The highest BCUT2D eigenvalue weighted by Crippen LogP contribution is 2.31. The fourth-order valence-electron chi connectivity index (χ4n) is 2.11. The SMILES string of the molecule is CN1C(=O)C(=Cc2ccc(C(=O)NCc3ccco3)cc2)SC1=S. The van der Waals surface area contributed by atoms with Gasteiger partial charge in [-0.05, 0) is 35.9 Å². The van der Waals surface area contributed by atoms with Crippen LogP contribution in [0.2, 0.25) is 0 Å². The third-order valence-electron chi connectivity index (χ3n) is 3.46. The Labute approximate surface area is 148 Å². The van der Waals surface area contributed by atoms with Crippen molar-refractivity contribution in [2.24, 2.45) is 0 Å². The molecule has 24 heavy (non-hydrogen) atoms. The number of carbonyl (C=O) groups is 2. The molecule has 3 rings (SSSR count). The van der Waals surface area contributed by atoms with Crippen molar-refractivity contribution in [1.29, 1.82) is 0 Å². The largest absolute Gasteiger partial charge is 0.467 e. The molecule has 1 fully saturated rings. The molecule has 0 unspecified atom stereocenters. The minimum absolute atomic E-state index is 0.106. The highest BCUT2D eigenvalue weighted by molar-refractivity contribution is 8.26. The van der Waals surface area contributed by atoms with E-state index in [9.17, 15) is 9.59 Å². The summed E-state index contributed by atoms with van der Waals surface area (Å²) in [5.74, 6) is 0.407. The lowest BCUT2D eigenvalue weighted by atomic mass is 10.1. The second-order valence-corrected chi connectivity index (χ2v) is 6.80. The van der Waals surface area contributed by atoms with Gasteiger partial charge in [0.1, 0.15) is 10.1 Å². The van der Waals surface area contributed by atoms with E-state index in [-0.39, 0.29) is 11.8 Å². The Balaban J connectivity index is 1.66. The zero-order valence-electron chi connectivity index (χ0n) is 12.8. The van der Waals surface area contributed by atoms with Gasteiger partial charge in [0, 0.05) is 12.6 Å². The maximum Gasteiger partial charge on any atom is 0.265 e. The van der Waals surface area contributed by atoms with Crippen LogP contribution in [0.5, 0.6) is 0 Å². The Morgan fingerprint density at radius 3 is 2.67 bits per heavy atom. The molecule has 1 aliphatic rings. The van der Waals surface area contributed by atoms with Crippen molar-refractivity contribution >= 4 is 46.2 Å². The van der Waals surface area contributed by atoms with Gasteiger partial charge < -0.3 is 9.73 Å². The second kappa shape index (κ2) is 7.02. The third kappa shape index (κ3) is 3.58. The number of nitrogens with zero attached hydrogens (tertiary/aromatic N) is 1. The number of nitrogens with one attached hydrogen (secondary N) is 1. The van der Waals surface area contributed by atoms with Crippen LogP contribution < -0.4 is 5.32 Å². The van der Waals surface area contributed by atoms with E-state index in [0.717, 1.165) is 5.56 Å². The van der Waals surface area contributed by atoms with Crippen LogP contribution in [0.25, 0.3) is 6.08 Å². The van der Waals surface area contributed by atoms with Crippen LogP contribution in [0.3, 0.4) is 0 Å². The summed E-state index contributed by atoms with van der Waals surface area (Å²) >= 11 is 6.37. The van der Waals surface area contributed by atoms with Gasteiger partial charge in [0.15, 0.2) is 0 Å². The minimum atomic E-state index is -0.183. The summed E-state index contributed by atoms with van der Waals surface area (Å²) in [6.45, 7) is 0.340. The molecule has 0 aliphatic carbocycles. The highest BCUT2D eigenvalue weighted by atomic mass is 32.2. The molecule has 1 aromatic carbocycles. The maximum absolute atomic E-state index is 12.1. The van der Waals surface area contributed by atoms with Gasteiger partial charge in [0.05, 0.1) is 17.7 Å². The lowest BCUT2D eigenvalue weighted by Crippen LogP contribution is -2.22. The van der Waals surface area contributed by atoms with Gasteiger partial charge in [-0.3, -0.25) is 14.5 Å². The molecule has 1 N–H and O–H groups in total. The zero-order chi connectivity index (χ0) is 17.1. The van der Waals surface area contributed by atoms with E-state index in [2.05, 4.69) is 5.32 Å². The van der Waals surface area contributed by atoms with Crippen LogP contribution in [0, 0.1) is 0 Å². The molecule has 2 amide bonds. The van der Waals surface area contributed by atoms with E-state index in [1.54, 1.807) is 55.8 Å². The van der Waals surface area contributed by atoms with Crippen molar-refractivity contribution in [2.45, 2.75) is 6.54 Å². The highest BCUT2D eigenvalue weighted by Gasteiger charge is 2.28. The number of likely N-dealkylation sites (N-methyl/N-ethyl adjacent to an activating group) is 1. The quantitative estimate of drug-likeness (QED) is 0.672. The molecule has 0 spiro atoms. The van der Waals surface area contributed by atoms with Gasteiger partial charge in [-0.2, -0.15) is 0 Å². The van der Waals surface area contributed by atoms with Gasteiger partial charge >= 0.3 is 0 Å². The predicted molar refractivity (Wildman–Crippen MR) is 97.3 cm³/mol. The molecule has 0 saturated carbocycles. The number of hydrogen-bond acceptors (Lipinski definition) is 5. The van der Waals surface area contributed by atoms with Crippen LogP contribution in [0.1, 0.15) is 21.7 Å². The number of thioether (sulfide) groups is 1. The molecule has 1 aromatic heterocycles. The fourth-order valence-corrected chi connectivity index (χ4v) is 3.29. The third-order valence-corrected chi connectivity index (χ3v) is 4.95. The molecule has 0 bridgehead atoms. The molecule has 1 aliphatic heterocycles. The number of benzene rings is 1. The van der Waals surface area contributed by atoms with E-state index >= 15 is 0 Å². The van der Waals surface area contributed by atoms with E-state index in [1.165, 1.54) is 16.7 Å². The van der Waals surface area contributed by atoms with Gasteiger partial charge in [-0.1, -0.05) is 36.1 Å². The standard InChI is InChI=1S/C17H14N2O3S2/c1-19-16(21)14(24-17(19)23)9-11-4-6-12(7-5-11)15(20)18-10-13-3-2-8-22-13/h2-9H,10H2,1H3,(H,18,20). The second-order valence-electron chi connectivity index (χ2n) is 5.12.